The third-order valence-corrected chi connectivity index (χ3v) is 5.45. The Hall–Kier alpha value is -2.53. The average Bonchev–Trinajstić information content (AvgIpc) is 2.75. The van der Waals surface area contributed by atoms with Crippen molar-refractivity contribution >= 4 is 5.97 Å². The van der Waals surface area contributed by atoms with Crippen molar-refractivity contribution in [1.82, 2.24) is 4.90 Å². The van der Waals surface area contributed by atoms with Crippen LogP contribution in [0, 0.1) is 5.92 Å². The Morgan fingerprint density at radius 1 is 0.931 bits per heavy atom. The highest BCUT2D eigenvalue weighted by atomic mass is 16.5. The minimum Gasteiger partial charge on any atom is -0.494 e. The Balaban J connectivity index is 1.42. The third kappa shape index (κ3) is 6.79. The maximum absolute atomic E-state index is 12.0. The molecule has 156 valence electrons. The number of carbonyl (C=O) groups is 1. The number of aliphatic carboxylic acids is 1. The van der Waals surface area contributed by atoms with Gasteiger partial charge in [-0.1, -0.05) is 36.4 Å². The summed E-state index contributed by atoms with van der Waals surface area (Å²) < 4.78 is 11.5. The number of likely N-dealkylation sites (tertiary alicyclic amines) is 1. The number of hydrogen-bond acceptors (Lipinski definition) is 4. The van der Waals surface area contributed by atoms with Crippen LogP contribution in [0.5, 0.6) is 11.5 Å². The number of benzene rings is 2. The van der Waals surface area contributed by atoms with Gasteiger partial charge in [0.15, 0.2) is 0 Å². The summed E-state index contributed by atoms with van der Waals surface area (Å²) in [5.74, 6) is 1.20. The van der Waals surface area contributed by atoms with E-state index in [4.69, 9.17) is 9.47 Å². The number of hydrogen-bond donors (Lipinski definition) is 1. The minimum absolute atomic E-state index is 0.177. The summed E-state index contributed by atoms with van der Waals surface area (Å²) in [6.07, 6.45) is 4.59. The zero-order chi connectivity index (χ0) is 20.3. The highest BCUT2D eigenvalue weighted by Gasteiger charge is 2.35. The molecule has 0 radical (unpaired) electrons. The van der Waals surface area contributed by atoms with Crippen molar-refractivity contribution in [2.24, 2.45) is 5.92 Å². The summed E-state index contributed by atoms with van der Waals surface area (Å²) in [4.78, 5) is 14.1. The first-order chi connectivity index (χ1) is 14.2. The lowest BCUT2D eigenvalue weighted by Crippen LogP contribution is -2.50. The molecule has 0 saturated carbocycles. The molecule has 2 unspecified atom stereocenters. The van der Waals surface area contributed by atoms with Crippen LogP contribution in [0.25, 0.3) is 0 Å². The molecule has 0 aliphatic carbocycles. The lowest BCUT2D eigenvalue weighted by Gasteiger charge is -2.39. The molecule has 1 aliphatic rings. The summed E-state index contributed by atoms with van der Waals surface area (Å²) in [5, 5.41) is 9.84. The highest BCUT2D eigenvalue weighted by Crippen LogP contribution is 2.28. The van der Waals surface area contributed by atoms with Crippen LogP contribution in [0.4, 0.5) is 0 Å². The second kappa shape index (κ2) is 11.5. The van der Waals surface area contributed by atoms with Crippen molar-refractivity contribution < 1.29 is 19.4 Å². The van der Waals surface area contributed by atoms with E-state index in [-0.39, 0.29) is 5.92 Å². The molecule has 29 heavy (non-hydrogen) atoms. The van der Waals surface area contributed by atoms with Gasteiger partial charge in [-0.25, -0.2) is 0 Å². The van der Waals surface area contributed by atoms with E-state index in [1.165, 1.54) is 0 Å². The molecule has 1 N–H and O–H groups in total. The van der Waals surface area contributed by atoms with E-state index in [9.17, 15) is 9.90 Å². The van der Waals surface area contributed by atoms with Gasteiger partial charge in [-0.2, -0.15) is 0 Å². The van der Waals surface area contributed by atoms with Gasteiger partial charge >= 0.3 is 5.97 Å². The SMILES string of the molecule is O=C(O)C1C(CCCOc2ccccc2)CCCN1CCCOc1ccccc1. The van der Waals surface area contributed by atoms with E-state index >= 15 is 0 Å². The third-order valence-electron chi connectivity index (χ3n) is 5.45. The average molecular weight is 398 g/mol. The molecule has 0 amide bonds. The number of carboxylic acid groups (broad SMARTS) is 1. The van der Waals surface area contributed by atoms with E-state index in [1.807, 2.05) is 60.7 Å². The molecular weight excluding hydrogens is 366 g/mol. The van der Waals surface area contributed by atoms with E-state index in [0.29, 0.717) is 13.2 Å². The Morgan fingerprint density at radius 3 is 2.10 bits per heavy atom. The summed E-state index contributed by atoms with van der Waals surface area (Å²) in [6.45, 7) is 2.82. The zero-order valence-electron chi connectivity index (χ0n) is 16.9. The van der Waals surface area contributed by atoms with Gasteiger partial charge in [0.25, 0.3) is 0 Å². The fourth-order valence-electron chi connectivity index (χ4n) is 4.09. The first kappa shape index (κ1) is 21.2. The summed E-state index contributed by atoms with van der Waals surface area (Å²) in [6, 6.07) is 19.1. The van der Waals surface area contributed by atoms with Crippen LogP contribution in [-0.4, -0.2) is 48.3 Å². The van der Waals surface area contributed by atoms with Crippen LogP contribution in [0.1, 0.15) is 32.1 Å². The molecule has 0 bridgehead atoms. The fourth-order valence-corrected chi connectivity index (χ4v) is 4.09. The normalized spacial score (nSPS) is 19.6. The summed E-state index contributed by atoms with van der Waals surface area (Å²) >= 11 is 0. The van der Waals surface area contributed by atoms with Gasteiger partial charge in [-0.05, 0) is 68.8 Å². The molecule has 5 heteroatoms. The maximum atomic E-state index is 12.0. The molecule has 5 nitrogen and oxygen atoms in total. The van der Waals surface area contributed by atoms with Crippen LogP contribution in [-0.2, 0) is 4.79 Å². The Kier molecular flexibility index (Phi) is 8.38. The van der Waals surface area contributed by atoms with Gasteiger partial charge < -0.3 is 14.6 Å². The van der Waals surface area contributed by atoms with Crippen molar-refractivity contribution in [3.8, 4) is 11.5 Å². The molecule has 0 spiro atoms. The van der Waals surface area contributed by atoms with E-state index in [0.717, 1.165) is 56.7 Å². The number of ether oxygens (including phenoxy) is 2. The fraction of sp³-hybridized carbons (Fsp3) is 0.458. The second-order valence-corrected chi connectivity index (χ2v) is 7.54. The Morgan fingerprint density at radius 2 is 1.52 bits per heavy atom. The topological polar surface area (TPSA) is 59.0 Å². The van der Waals surface area contributed by atoms with Crippen LogP contribution >= 0.6 is 0 Å². The number of para-hydroxylation sites is 2. The lowest BCUT2D eigenvalue weighted by atomic mass is 9.85. The first-order valence-corrected chi connectivity index (χ1v) is 10.6. The predicted octanol–water partition coefficient (Wildman–Crippen LogP) is 4.48. The van der Waals surface area contributed by atoms with Gasteiger partial charge in [-0.15, -0.1) is 0 Å². The number of rotatable bonds is 11. The molecule has 2 aromatic rings. The van der Waals surface area contributed by atoms with E-state index in [1.54, 1.807) is 0 Å². The van der Waals surface area contributed by atoms with Crippen LogP contribution in [0.15, 0.2) is 60.7 Å². The van der Waals surface area contributed by atoms with Crippen molar-refractivity contribution in [2.75, 3.05) is 26.3 Å². The van der Waals surface area contributed by atoms with Crippen molar-refractivity contribution in [3.63, 3.8) is 0 Å². The highest BCUT2D eigenvalue weighted by molar-refractivity contribution is 5.74. The lowest BCUT2D eigenvalue weighted by molar-refractivity contribution is -0.147. The van der Waals surface area contributed by atoms with Gasteiger partial charge in [0.2, 0.25) is 0 Å². The number of carboxylic acids is 1. The largest absolute Gasteiger partial charge is 0.494 e. The molecule has 3 rings (SSSR count). The summed E-state index contributed by atoms with van der Waals surface area (Å²) in [5.41, 5.74) is 0. The van der Waals surface area contributed by atoms with E-state index in [2.05, 4.69) is 4.90 Å². The monoisotopic (exact) mass is 397 g/mol. The minimum atomic E-state index is -0.706. The zero-order valence-corrected chi connectivity index (χ0v) is 16.9. The molecular formula is C24H31NO4. The molecule has 2 aromatic carbocycles. The molecule has 0 aromatic heterocycles. The quantitative estimate of drug-likeness (QED) is 0.567. The van der Waals surface area contributed by atoms with Gasteiger partial charge in [-0.3, -0.25) is 9.69 Å². The molecule has 1 saturated heterocycles. The van der Waals surface area contributed by atoms with Crippen LogP contribution < -0.4 is 9.47 Å². The first-order valence-electron chi connectivity index (χ1n) is 10.6. The van der Waals surface area contributed by atoms with Crippen molar-refractivity contribution in [3.05, 3.63) is 60.7 Å². The van der Waals surface area contributed by atoms with Crippen LogP contribution in [0.2, 0.25) is 0 Å². The Bertz CT molecular complexity index is 667. The van der Waals surface area contributed by atoms with Crippen molar-refractivity contribution in [2.45, 2.75) is 38.1 Å². The van der Waals surface area contributed by atoms with Crippen molar-refractivity contribution in [1.29, 1.82) is 0 Å². The van der Waals surface area contributed by atoms with E-state index < -0.39 is 12.0 Å². The molecule has 2 atom stereocenters. The Labute approximate surface area is 173 Å². The number of piperidine rings is 1. The van der Waals surface area contributed by atoms with Gasteiger partial charge in [0, 0.05) is 6.54 Å². The molecule has 1 fully saturated rings. The molecule has 1 heterocycles. The number of nitrogens with zero attached hydrogens (tertiary/aromatic N) is 1. The summed E-state index contributed by atoms with van der Waals surface area (Å²) in [7, 11) is 0. The van der Waals surface area contributed by atoms with Crippen LogP contribution in [0.3, 0.4) is 0 Å². The van der Waals surface area contributed by atoms with Gasteiger partial charge in [0.1, 0.15) is 17.5 Å². The molecule has 1 aliphatic heterocycles. The smallest absolute Gasteiger partial charge is 0.321 e. The standard InChI is InChI=1S/C24H31NO4/c26-24(27)23-20(11-8-18-28-21-12-3-1-4-13-21)10-7-16-25(23)17-9-19-29-22-14-5-2-6-15-22/h1-6,12-15,20,23H,7-11,16-19H2,(H,26,27). The maximum Gasteiger partial charge on any atom is 0.321 e. The van der Waals surface area contributed by atoms with Gasteiger partial charge in [0.05, 0.1) is 13.2 Å². The predicted molar refractivity (Wildman–Crippen MR) is 113 cm³/mol. The second-order valence-electron chi connectivity index (χ2n) is 7.54.